The van der Waals surface area contributed by atoms with Crippen LogP contribution >= 0.6 is 0 Å². The molecule has 56 heavy (non-hydrogen) atoms. The first-order valence-corrected chi connectivity index (χ1v) is 19.7. The summed E-state index contributed by atoms with van der Waals surface area (Å²) in [5.74, 6) is -4.10. The zero-order valence-electron chi connectivity index (χ0n) is 32.4. The normalized spacial score (nSPS) is 19.8. The van der Waals surface area contributed by atoms with Gasteiger partial charge in [-0.1, -0.05) is 75.1 Å². The fourth-order valence-corrected chi connectivity index (χ4v) is 6.95. The van der Waals surface area contributed by atoms with Crippen LogP contribution in [0.5, 0.6) is 5.75 Å². The van der Waals surface area contributed by atoms with E-state index in [2.05, 4.69) is 31.9 Å². The van der Waals surface area contributed by atoms with E-state index >= 15 is 0 Å². The SMILES string of the molecule is CCCC(NC(=O)[C@@H]1Cc2cccc(c2)OCCCCCCOC(=O)N[C@@H](C2CCCCC2)C(=O)N1)C(=O)C(=O)NCC(=O)N[C@H](C(=O)NC)c1ccccc1. The molecule has 1 aliphatic heterocycles. The number of cyclic esters (lactones) is 1. The number of alkyl carbamates (subject to hydrolysis) is 1. The average molecular weight is 777 g/mol. The van der Waals surface area contributed by atoms with Crippen LogP contribution in [-0.4, -0.2) is 86.3 Å². The van der Waals surface area contributed by atoms with Gasteiger partial charge in [0.15, 0.2) is 0 Å². The Balaban J connectivity index is 1.50. The third-order valence-electron chi connectivity index (χ3n) is 9.98. The van der Waals surface area contributed by atoms with E-state index in [4.69, 9.17) is 9.47 Å². The molecule has 2 aromatic carbocycles. The molecule has 4 rings (SSSR count). The van der Waals surface area contributed by atoms with Crippen LogP contribution in [0.15, 0.2) is 54.6 Å². The summed E-state index contributed by atoms with van der Waals surface area (Å²) in [6.45, 7) is 1.85. The second-order valence-electron chi connectivity index (χ2n) is 14.3. The van der Waals surface area contributed by atoms with Crippen molar-refractivity contribution in [3.05, 3.63) is 65.7 Å². The second-order valence-corrected chi connectivity index (χ2v) is 14.3. The number of likely N-dealkylation sites (N-methyl/N-ethyl adjacent to an activating group) is 1. The number of hydrogen-bond donors (Lipinski definition) is 6. The summed E-state index contributed by atoms with van der Waals surface area (Å²) in [6.07, 6.45) is 7.28. The second kappa shape index (κ2) is 22.8. The Kier molecular flexibility index (Phi) is 17.6. The first-order valence-electron chi connectivity index (χ1n) is 19.7. The van der Waals surface area contributed by atoms with Crippen LogP contribution in [0.1, 0.15) is 94.7 Å². The molecule has 0 aromatic heterocycles. The van der Waals surface area contributed by atoms with Crippen LogP contribution in [0.25, 0.3) is 0 Å². The molecule has 0 saturated heterocycles. The Morgan fingerprint density at radius 1 is 0.821 bits per heavy atom. The largest absolute Gasteiger partial charge is 0.494 e. The van der Waals surface area contributed by atoms with E-state index in [-0.39, 0.29) is 25.4 Å². The maximum atomic E-state index is 14.1. The van der Waals surface area contributed by atoms with Gasteiger partial charge in [-0.3, -0.25) is 28.8 Å². The molecule has 4 atom stereocenters. The quantitative estimate of drug-likeness (QED) is 0.175. The molecule has 1 heterocycles. The number of nitrogens with one attached hydrogen (secondary N) is 6. The van der Waals surface area contributed by atoms with Gasteiger partial charge in [0.1, 0.15) is 23.9 Å². The zero-order valence-corrected chi connectivity index (χ0v) is 32.4. The van der Waals surface area contributed by atoms with E-state index < -0.39 is 72.1 Å². The van der Waals surface area contributed by atoms with Crippen LogP contribution in [0, 0.1) is 5.92 Å². The van der Waals surface area contributed by atoms with Gasteiger partial charge in [-0.2, -0.15) is 0 Å². The minimum atomic E-state index is -1.28. The summed E-state index contributed by atoms with van der Waals surface area (Å²) in [6, 6.07) is 11.3. The van der Waals surface area contributed by atoms with Crippen molar-refractivity contribution in [1.29, 1.82) is 0 Å². The number of ketones is 1. The fraction of sp³-hybridized carbons (Fsp3) is 0.537. The van der Waals surface area contributed by atoms with E-state index in [1.54, 1.807) is 55.5 Å². The Morgan fingerprint density at radius 3 is 2.21 bits per heavy atom. The molecular weight excluding hydrogens is 720 g/mol. The van der Waals surface area contributed by atoms with Crippen molar-refractivity contribution >= 4 is 41.4 Å². The highest BCUT2D eigenvalue weighted by Gasteiger charge is 2.35. The third kappa shape index (κ3) is 13.7. The minimum Gasteiger partial charge on any atom is -0.494 e. The Morgan fingerprint density at radius 2 is 1.52 bits per heavy atom. The Labute approximate surface area is 328 Å². The van der Waals surface area contributed by atoms with Crippen molar-refractivity contribution in [3.63, 3.8) is 0 Å². The summed E-state index contributed by atoms with van der Waals surface area (Å²) in [4.78, 5) is 92.9. The van der Waals surface area contributed by atoms with E-state index in [0.717, 1.165) is 38.5 Å². The number of Topliss-reactive ketones (excluding diaryl/α,β-unsaturated/α-hetero) is 1. The van der Waals surface area contributed by atoms with Crippen molar-refractivity contribution in [2.45, 2.75) is 108 Å². The molecule has 15 heteroatoms. The van der Waals surface area contributed by atoms with Gasteiger partial charge in [-0.15, -0.1) is 0 Å². The molecular formula is C41H56N6O9. The van der Waals surface area contributed by atoms with Gasteiger partial charge in [-0.25, -0.2) is 4.79 Å². The monoisotopic (exact) mass is 776 g/mol. The highest BCUT2D eigenvalue weighted by atomic mass is 16.5. The van der Waals surface area contributed by atoms with E-state index in [1.165, 1.54) is 7.05 Å². The molecule has 1 aliphatic carbocycles. The number of hydrogen-bond acceptors (Lipinski definition) is 9. The van der Waals surface area contributed by atoms with E-state index in [1.807, 2.05) is 6.07 Å². The lowest BCUT2D eigenvalue weighted by atomic mass is 9.83. The van der Waals surface area contributed by atoms with Gasteiger partial charge >= 0.3 is 6.09 Å². The van der Waals surface area contributed by atoms with Gasteiger partial charge in [0.2, 0.25) is 29.4 Å². The Hall–Kier alpha value is -5.47. The van der Waals surface area contributed by atoms with E-state index in [0.29, 0.717) is 49.2 Å². The molecule has 6 amide bonds. The van der Waals surface area contributed by atoms with Crippen LogP contribution in [-0.2, 0) is 39.9 Å². The first kappa shape index (κ1) is 43.3. The van der Waals surface area contributed by atoms with Crippen molar-refractivity contribution in [1.82, 2.24) is 31.9 Å². The summed E-state index contributed by atoms with van der Waals surface area (Å²) in [5.41, 5.74) is 1.20. The summed E-state index contributed by atoms with van der Waals surface area (Å²) >= 11 is 0. The van der Waals surface area contributed by atoms with Crippen LogP contribution in [0.3, 0.4) is 0 Å². The molecule has 1 fully saturated rings. The number of carbonyl (C=O) groups excluding carboxylic acids is 7. The standard InChI is InChI=1S/C41H56N6O9/c1-3-15-31(36(49)40(53)43-26-33(48)46-34(38(51)42-2)28-17-8-6-9-18-28)44-37(50)32-25-27-16-14-21-30(24-27)55-22-12-4-5-13-23-56-41(54)47-35(39(52)45-32)29-19-10-7-11-20-29/h6,8-9,14,16-18,21,24,29,31-32,34-35H,3-5,7,10-13,15,19-20,22-23,25-26H2,1-2H3,(H,42,51)(H,43,53)(H,44,50)(H,45,52)(H,46,48)(H,47,54)/t31?,32-,34-,35-/m0/s1. The summed E-state index contributed by atoms with van der Waals surface area (Å²) in [7, 11) is 1.43. The lowest BCUT2D eigenvalue weighted by molar-refractivity contribution is -0.141. The summed E-state index contributed by atoms with van der Waals surface area (Å²) in [5, 5.41) is 15.6. The average Bonchev–Trinajstić information content (AvgIpc) is 3.21. The predicted molar refractivity (Wildman–Crippen MR) is 207 cm³/mol. The molecule has 304 valence electrons. The number of fused-ring (bicyclic) bond motifs is 2. The van der Waals surface area contributed by atoms with Crippen LogP contribution < -0.4 is 36.6 Å². The van der Waals surface area contributed by atoms with Gasteiger partial charge in [0.25, 0.3) is 5.91 Å². The lowest BCUT2D eigenvalue weighted by Crippen LogP contribution is -2.59. The molecule has 2 aromatic rings. The molecule has 2 aliphatic rings. The number of amides is 6. The van der Waals surface area contributed by atoms with Crippen LogP contribution in [0.4, 0.5) is 4.79 Å². The highest BCUT2D eigenvalue weighted by molar-refractivity contribution is 6.38. The fourth-order valence-electron chi connectivity index (χ4n) is 6.95. The zero-order chi connectivity index (χ0) is 40.3. The third-order valence-corrected chi connectivity index (χ3v) is 9.98. The Bertz CT molecular complexity index is 1650. The topological polar surface area (TPSA) is 210 Å². The molecule has 1 saturated carbocycles. The minimum absolute atomic E-state index is 0.0178. The lowest BCUT2D eigenvalue weighted by Gasteiger charge is -2.31. The van der Waals surface area contributed by atoms with E-state index in [9.17, 15) is 33.6 Å². The van der Waals surface area contributed by atoms with Crippen LogP contribution in [0.2, 0.25) is 0 Å². The van der Waals surface area contributed by atoms with Gasteiger partial charge in [0, 0.05) is 13.5 Å². The van der Waals surface area contributed by atoms with Gasteiger partial charge in [-0.05, 0) is 74.1 Å². The molecule has 2 bridgehead atoms. The van der Waals surface area contributed by atoms with Crippen molar-refractivity contribution in [2.75, 3.05) is 26.8 Å². The molecule has 0 radical (unpaired) electrons. The molecule has 0 spiro atoms. The number of benzene rings is 2. The maximum Gasteiger partial charge on any atom is 0.407 e. The van der Waals surface area contributed by atoms with Gasteiger partial charge in [0.05, 0.1) is 25.8 Å². The number of carbonyl (C=O) groups is 7. The van der Waals surface area contributed by atoms with Crippen molar-refractivity contribution in [3.8, 4) is 5.75 Å². The molecule has 1 unspecified atom stereocenters. The molecule has 15 nitrogen and oxygen atoms in total. The van der Waals surface area contributed by atoms with Crippen molar-refractivity contribution < 1.29 is 43.0 Å². The summed E-state index contributed by atoms with van der Waals surface area (Å²) < 4.78 is 11.4. The first-order chi connectivity index (χ1) is 27.1. The highest BCUT2D eigenvalue weighted by Crippen LogP contribution is 2.27. The molecule has 6 N–H and O–H groups in total. The number of ether oxygens (including phenoxy) is 2. The smallest absolute Gasteiger partial charge is 0.407 e. The predicted octanol–water partition coefficient (Wildman–Crippen LogP) is 2.92. The van der Waals surface area contributed by atoms with Gasteiger partial charge < -0.3 is 41.4 Å². The van der Waals surface area contributed by atoms with Crippen molar-refractivity contribution in [2.24, 2.45) is 5.92 Å². The number of rotatable bonds is 12. The maximum absolute atomic E-state index is 14.1.